The van der Waals surface area contributed by atoms with E-state index in [-0.39, 0.29) is 0 Å². The summed E-state index contributed by atoms with van der Waals surface area (Å²) in [6.07, 6.45) is 4.67. The number of aromatic nitrogens is 1. The molecule has 4 rings (SSSR count). The second kappa shape index (κ2) is 6.57. The molecule has 1 amide bonds. The first-order valence-electron chi connectivity index (χ1n) is 8.76. The van der Waals surface area contributed by atoms with Crippen molar-refractivity contribution in [1.29, 1.82) is 0 Å². The maximum atomic E-state index is 12.3. The molecule has 3 heterocycles. The van der Waals surface area contributed by atoms with Crippen LogP contribution in [0.3, 0.4) is 0 Å². The Labute approximate surface area is 141 Å². The van der Waals surface area contributed by atoms with Crippen molar-refractivity contribution in [1.82, 2.24) is 9.88 Å². The van der Waals surface area contributed by atoms with E-state index in [0.717, 1.165) is 44.5 Å². The number of quaternary nitrogens is 1. The summed E-state index contributed by atoms with van der Waals surface area (Å²) in [6.45, 7) is 4.83. The zero-order chi connectivity index (χ0) is 15.6. The normalized spacial score (nSPS) is 25.1. The molecule has 0 spiro atoms. The monoisotopic (exact) mass is 330 g/mol. The summed E-state index contributed by atoms with van der Waals surface area (Å²) in [5.74, 6) is 0.939. The lowest BCUT2D eigenvalue weighted by molar-refractivity contribution is -0.897. The van der Waals surface area contributed by atoms with Crippen LogP contribution in [0.5, 0.6) is 0 Å². The Hall–Kier alpha value is -1.46. The van der Waals surface area contributed by atoms with Gasteiger partial charge in [-0.15, -0.1) is 11.3 Å². The highest BCUT2D eigenvalue weighted by Gasteiger charge is 2.29. The van der Waals surface area contributed by atoms with Gasteiger partial charge >= 0.3 is 0 Å². The number of nitrogens with one attached hydrogen (secondary N) is 1. The molecule has 2 aliphatic heterocycles. The Bertz CT molecular complexity index is 651. The largest absolute Gasteiger partial charge is 0.338 e. The highest BCUT2D eigenvalue weighted by Crippen LogP contribution is 2.31. The smallest absolute Gasteiger partial charge is 0.277 e. The molecule has 1 aromatic heterocycles. The molecule has 1 N–H and O–H groups in total. The zero-order valence-electron chi connectivity index (χ0n) is 13.5. The van der Waals surface area contributed by atoms with E-state index in [1.807, 2.05) is 16.2 Å². The van der Waals surface area contributed by atoms with Crippen LogP contribution in [0.25, 0.3) is 10.2 Å². The molecule has 0 aliphatic carbocycles. The van der Waals surface area contributed by atoms with Crippen molar-refractivity contribution in [2.75, 3.05) is 32.7 Å². The SMILES string of the molecule is O=C(C[NH+]1CCC(c2nc3ccccc3s2)CC1)N1CCCC1. The summed E-state index contributed by atoms with van der Waals surface area (Å²) in [4.78, 5) is 20.6. The van der Waals surface area contributed by atoms with Crippen LogP contribution in [0, 0.1) is 0 Å². The van der Waals surface area contributed by atoms with Gasteiger partial charge in [0.05, 0.1) is 28.3 Å². The number of likely N-dealkylation sites (tertiary alicyclic amines) is 2. The van der Waals surface area contributed by atoms with E-state index in [9.17, 15) is 4.79 Å². The minimum Gasteiger partial charge on any atom is -0.338 e. The first-order valence-corrected chi connectivity index (χ1v) is 9.58. The minimum absolute atomic E-state index is 0.357. The molecule has 122 valence electrons. The summed E-state index contributed by atoms with van der Waals surface area (Å²) in [6, 6.07) is 8.40. The molecule has 5 heteroatoms. The van der Waals surface area contributed by atoms with Crippen molar-refractivity contribution in [2.24, 2.45) is 0 Å². The maximum Gasteiger partial charge on any atom is 0.277 e. The molecular weight excluding hydrogens is 306 g/mol. The predicted octanol–water partition coefficient (Wildman–Crippen LogP) is 1.68. The summed E-state index contributed by atoms with van der Waals surface area (Å²) >= 11 is 1.84. The second-order valence-electron chi connectivity index (χ2n) is 6.81. The van der Waals surface area contributed by atoms with Gasteiger partial charge in [-0.2, -0.15) is 0 Å². The summed E-state index contributed by atoms with van der Waals surface area (Å²) in [5, 5.41) is 1.29. The highest BCUT2D eigenvalue weighted by molar-refractivity contribution is 7.18. The van der Waals surface area contributed by atoms with E-state index in [1.54, 1.807) is 0 Å². The first kappa shape index (κ1) is 15.1. The maximum absolute atomic E-state index is 12.3. The van der Waals surface area contributed by atoms with Gasteiger partial charge in [0.15, 0.2) is 6.54 Å². The Morgan fingerprint density at radius 2 is 1.96 bits per heavy atom. The first-order chi connectivity index (χ1) is 11.3. The summed E-state index contributed by atoms with van der Waals surface area (Å²) in [5.41, 5.74) is 1.13. The van der Waals surface area contributed by atoms with E-state index in [0.29, 0.717) is 18.4 Å². The van der Waals surface area contributed by atoms with Gasteiger partial charge in [-0.05, 0) is 25.0 Å². The van der Waals surface area contributed by atoms with Crippen molar-refractivity contribution >= 4 is 27.5 Å². The molecule has 2 aliphatic rings. The van der Waals surface area contributed by atoms with Crippen LogP contribution < -0.4 is 4.90 Å². The van der Waals surface area contributed by atoms with Crippen LogP contribution >= 0.6 is 11.3 Å². The van der Waals surface area contributed by atoms with Crippen molar-refractivity contribution in [2.45, 2.75) is 31.6 Å². The molecular formula is C18H24N3OS+. The van der Waals surface area contributed by atoms with E-state index in [4.69, 9.17) is 4.98 Å². The highest BCUT2D eigenvalue weighted by atomic mass is 32.1. The third kappa shape index (κ3) is 3.26. The number of fused-ring (bicyclic) bond motifs is 1. The number of thiazole rings is 1. The standard InChI is InChI=1S/C18H23N3OS/c22-17(21-9-3-4-10-21)13-20-11-7-14(8-12-20)18-19-15-5-1-2-6-16(15)23-18/h1-2,5-6,14H,3-4,7-13H2/p+1. The minimum atomic E-state index is 0.357. The Morgan fingerprint density at radius 1 is 1.22 bits per heavy atom. The quantitative estimate of drug-likeness (QED) is 0.930. The van der Waals surface area contributed by atoms with Crippen LogP contribution in [0.1, 0.15) is 36.6 Å². The topological polar surface area (TPSA) is 37.6 Å². The van der Waals surface area contributed by atoms with Gasteiger partial charge in [0.1, 0.15) is 0 Å². The van der Waals surface area contributed by atoms with Gasteiger partial charge in [-0.25, -0.2) is 4.98 Å². The number of piperidine rings is 1. The number of amides is 1. The molecule has 2 aromatic rings. The third-order valence-corrected chi connectivity index (χ3v) is 6.41. The van der Waals surface area contributed by atoms with Crippen molar-refractivity contribution in [3.8, 4) is 0 Å². The lowest BCUT2D eigenvalue weighted by Crippen LogP contribution is -3.14. The molecule has 0 radical (unpaired) electrons. The molecule has 4 nitrogen and oxygen atoms in total. The predicted molar refractivity (Wildman–Crippen MR) is 93.0 cm³/mol. The summed E-state index contributed by atoms with van der Waals surface area (Å²) < 4.78 is 1.29. The number of carbonyl (C=O) groups is 1. The van der Waals surface area contributed by atoms with Gasteiger partial charge in [0.25, 0.3) is 5.91 Å². The lowest BCUT2D eigenvalue weighted by Gasteiger charge is -2.29. The average Bonchev–Trinajstić information content (AvgIpc) is 3.25. The summed E-state index contributed by atoms with van der Waals surface area (Å²) in [7, 11) is 0. The Morgan fingerprint density at radius 3 is 2.70 bits per heavy atom. The van der Waals surface area contributed by atoms with Gasteiger partial charge in [-0.1, -0.05) is 12.1 Å². The number of benzene rings is 1. The lowest BCUT2D eigenvalue weighted by atomic mass is 9.97. The van der Waals surface area contributed by atoms with E-state index < -0.39 is 0 Å². The average molecular weight is 330 g/mol. The Kier molecular flexibility index (Phi) is 4.31. The number of hydrogen-bond acceptors (Lipinski definition) is 3. The molecule has 1 aromatic carbocycles. The van der Waals surface area contributed by atoms with Crippen LogP contribution in [0.15, 0.2) is 24.3 Å². The van der Waals surface area contributed by atoms with Gasteiger partial charge < -0.3 is 9.80 Å². The van der Waals surface area contributed by atoms with E-state index >= 15 is 0 Å². The van der Waals surface area contributed by atoms with Crippen molar-refractivity contribution in [3.63, 3.8) is 0 Å². The van der Waals surface area contributed by atoms with Gasteiger partial charge in [0, 0.05) is 31.8 Å². The molecule has 2 fully saturated rings. The molecule has 0 atom stereocenters. The fraction of sp³-hybridized carbons (Fsp3) is 0.556. The second-order valence-corrected chi connectivity index (χ2v) is 7.87. The van der Waals surface area contributed by atoms with E-state index in [2.05, 4.69) is 24.3 Å². The number of rotatable bonds is 3. The van der Waals surface area contributed by atoms with Crippen LogP contribution in [-0.4, -0.2) is 48.5 Å². The zero-order valence-corrected chi connectivity index (χ0v) is 14.3. The van der Waals surface area contributed by atoms with Crippen molar-refractivity contribution in [3.05, 3.63) is 29.3 Å². The van der Waals surface area contributed by atoms with Gasteiger partial charge in [-0.3, -0.25) is 4.79 Å². The number of hydrogen-bond donors (Lipinski definition) is 1. The fourth-order valence-corrected chi connectivity index (χ4v) is 4.94. The molecule has 0 unspecified atom stereocenters. The van der Waals surface area contributed by atoms with Crippen LogP contribution in [0.2, 0.25) is 0 Å². The number of para-hydroxylation sites is 1. The van der Waals surface area contributed by atoms with Crippen LogP contribution in [-0.2, 0) is 4.79 Å². The third-order valence-electron chi connectivity index (χ3n) is 5.21. The number of carbonyl (C=O) groups excluding carboxylic acids is 1. The fourth-order valence-electron chi connectivity index (χ4n) is 3.81. The Balaban J connectivity index is 1.34. The number of nitrogens with zero attached hydrogens (tertiary/aromatic N) is 2. The molecule has 23 heavy (non-hydrogen) atoms. The van der Waals surface area contributed by atoms with Crippen molar-refractivity contribution < 1.29 is 9.69 Å². The van der Waals surface area contributed by atoms with Gasteiger partial charge in [0.2, 0.25) is 0 Å². The molecule has 0 bridgehead atoms. The molecule has 0 saturated carbocycles. The van der Waals surface area contributed by atoms with E-state index in [1.165, 1.54) is 27.4 Å². The van der Waals surface area contributed by atoms with Crippen LogP contribution in [0.4, 0.5) is 0 Å². The molecule has 2 saturated heterocycles.